The van der Waals surface area contributed by atoms with E-state index in [2.05, 4.69) is 37.9 Å². The third-order valence-corrected chi connectivity index (χ3v) is 4.55. The number of nitrogens with one attached hydrogen (secondary N) is 1. The lowest BCUT2D eigenvalue weighted by Crippen LogP contribution is -2.29. The van der Waals surface area contributed by atoms with Gasteiger partial charge in [-0.3, -0.25) is 0 Å². The highest BCUT2D eigenvalue weighted by molar-refractivity contribution is 4.97. The third-order valence-electron chi connectivity index (χ3n) is 4.55. The van der Waals surface area contributed by atoms with E-state index >= 15 is 0 Å². The predicted molar refractivity (Wildman–Crippen MR) is 74.1 cm³/mol. The van der Waals surface area contributed by atoms with Crippen molar-refractivity contribution < 1.29 is 0 Å². The Bertz CT molecular complexity index is 247. The molecule has 100 valence electrons. The number of rotatable bonds is 6. The molecule has 0 aromatic carbocycles. The molecule has 0 bridgehead atoms. The molecule has 0 aromatic heterocycles. The van der Waals surface area contributed by atoms with E-state index in [0.29, 0.717) is 5.41 Å². The Morgan fingerprint density at radius 2 is 2.06 bits per heavy atom. The lowest BCUT2D eigenvalue weighted by atomic mass is 10.1. The second-order valence-corrected chi connectivity index (χ2v) is 7.36. The zero-order chi connectivity index (χ0) is 12.5. The molecule has 1 saturated carbocycles. The first-order chi connectivity index (χ1) is 7.97. The Hall–Kier alpha value is -0.0800. The van der Waals surface area contributed by atoms with E-state index in [1.54, 1.807) is 0 Å². The minimum atomic E-state index is 0.647. The van der Waals surface area contributed by atoms with Crippen molar-refractivity contribution >= 4 is 0 Å². The van der Waals surface area contributed by atoms with Gasteiger partial charge in [0.2, 0.25) is 0 Å². The van der Waals surface area contributed by atoms with Gasteiger partial charge in [-0.05, 0) is 55.6 Å². The van der Waals surface area contributed by atoms with Gasteiger partial charge in [-0.25, -0.2) is 0 Å². The largest absolute Gasteiger partial charge is 0.316 e. The average Bonchev–Trinajstić information content (AvgIpc) is 2.63. The van der Waals surface area contributed by atoms with Gasteiger partial charge in [-0.2, -0.15) is 0 Å². The van der Waals surface area contributed by atoms with E-state index in [0.717, 1.165) is 17.8 Å². The number of likely N-dealkylation sites (tertiary alicyclic amines) is 1. The normalized spacial score (nSPS) is 32.3. The lowest BCUT2D eigenvalue weighted by molar-refractivity contribution is 0.292. The second kappa shape index (κ2) is 5.27. The van der Waals surface area contributed by atoms with Crippen molar-refractivity contribution in [1.29, 1.82) is 0 Å². The highest BCUT2D eigenvalue weighted by atomic mass is 15.2. The van der Waals surface area contributed by atoms with Crippen LogP contribution < -0.4 is 5.32 Å². The summed E-state index contributed by atoms with van der Waals surface area (Å²) in [6, 6.07) is 0. The number of hydrogen-bond acceptors (Lipinski definition) is 2. The van der Waals surface area contributed by atoms with Crippen LogP contribution in [0, 0.1) is 23.2 Å². The Balaban J connectivity index is 1.59. The van der Waals surface area contributed by atoms with Crippen LogP contribution in [-0.2, 0) is 0 Å². The molecule has 17 heavy (non-hydrogen) atoms. The van der Waals surface area contributed by atoms with Crippen LogP contribution in [0.5, 0.6) is 0 Å². The molecule has 2 atom stereocenters. The van der Waals surface area contributed by atoms with E-state index in [-0.39, 0.29) is 0 Å². The van der Waals surface area contributed by atoms with E-state index in [4.69, 9.17) is 0 Å². The molecule has 0 amide bonds. The maximum Gasteiger partial charge on any atom is 0.00224 e. The van der Waals surface area contributed by atoms with Crippen LogP contribution in [0.3, 0.4) is 0 Å². The fraction of sp³-hybridized carbons (Fsp3) is 1.00. The van der Waals surface area contributed by atoms with E-state index in [9.17, 15) is 0 Å². The van der Waals surface area contributed by atoms with Crippen molar-refractivity contribution in [3.63, 3.8) is 0 Å². The number of hydrogen-bond donors (Lipinski definition) is 1. The molecule has 0 radical (unpaired) electrons. The zero-order valence-corrected chi connectivity index (χ0v) is 12.1. The summed E-state index contributed by atoms with van der Waals surface area (Å²) in [6.07, 6.45) is 2.85. The summed E-state index contributed by atoms with van der Waals surface area (Å²) in [6.45, 7) is 15.8. The molecule has 1 N–H and O–H groups in total. The van der Waals surface area contributed by atoms with Crippen molar-refractivity contribution in [3.8, 4) is 0 Å². The van der Waals surface area contributed by atoms with E-state index in [1.807, 2.05) is 0 Å². The van der Waals surface area contributed by atoms with Gasteiger partial charge in [-0.15, -0.1) is 0 Å². The molecule has 0 spiro atoms. The van der Waals surface area contributed by atoms with Gasteiger partial charge in [0.25, 0.3) is 0 Å². The van der Waals surface area contributed by atoms with Gasteiger partial charge < -0.3 is 10.2 Å². The van der Waals surface area contributed by atoms with Gasteiger partial charge in [0.05, 0.1) is 0 Å². The Kier molecular flexibility index (Phi) is 4.14. The number of nitrogens with zero attached hydrogens (tertiary/aromatic N) is 1. The highest BCUT2D eigenvalue weighted by Gasteiger charge is 2.46. The van der Waals surface area contributed by atoms with Crippen LogP contribution in [0.25, 0.3) is 0 Å². The quantitative estimate of drug-likeness (QED) is 0.765. The standard InChI is InChI=1S/C15H30N2/c1-12(2)8-16-9-13-5-6-17(10-13)11-14-7-15(14,3)4/h12-14,16H,5-11H2,1-4H3. The molecule has 2 heteroatoms. The molecule has 1 aliphatic heterocycles. The van der Waals surface area contributed by atoms with Gasteiger partial charge >= 0.3 is 0 Å². The summed E-state index contributed by atoms with van der Waals surface area (Å²) in [4.78, 5) is 2.70. The molecule has 2 aliphatic rings. The Labute approximate surface area is 107 Å². The minimum absolute atomic E-state index is 0.647. The third kappa shape index (κ3) is 3.96. The van der Waals surface area contributed by atoms with Crippen LogP contribution in [0.1, 0.15) is 40.5 Å². The summed E-state index contributed by atoms with van der Waals surface area (Å²) < 4.78 is 0. The monoisotopic (exact) mass is 238 g/mol. The second-order valence-electron chi connectivity index (χ2n) is 7.36. The summed E-state index contributed by atoms with van der Waals surface area (Å²) in [5, 5.41) is 3.61. The molecule has 0 aromatic rings. The first kappa shape index (κ1) is 13.4. The maximum atomic E-state index is 3.61. The molecule has 2 rings (SSSR count). The average molecular weight is 238 g/mol. The van der Waals surface area contributed by atoms with Gasteiger partial charge in [0.1, 0.15) is 0 Å². The molecule has 2 fully saturated rings. The Morgan fingerprint density at radius 1 is 1.35 bits per heavy atom. The lowest BCUT2D eigenvalue weighted by Gasteiger charge is -2.17. The maximum absolute atomic E-state index is 3.61. The molecular weight excluding hydrogens is 208 g/mol. The molecule has 2 unspecified atom stereocenters. The fourth-order valence-corrected chi connectivity index (χ4v) is 3.02. The first-order valence-corrected chi connectivity index (χ1v) is 7.40. The van der Waals surface area contributed by atoms with Crippen molar-refractivity contribution in [2.75, 3.05) is 32.7 Å². The highest BCUT2D eigenvalue weighted by Crippen LogP contribution is 2.52. The predicted octanol–water partition coefficient (Wildman–Crippen LogP) is 2.60. The fourth-order valence-electron chi connectivity index (χ4n) is 3.02. The summed E-state index contributed by atoms with van der Waals surface area (Å²) in [5.41, 5.74) is 0.647. The zero-order valence-electron chi connectivity index (χ0n) is 12.1. The molecule has 2 nitrogen and oxygen atoms in total. The molecule has 1 aliphatic carbocycles. The van der Waals surface area contributed by atoms with Crippen molar-refractivity contribution in [2.24, 2.45) is 23.2 Å². The molecular formula is C15H30N2. The summed E-state index contributed by atoms with van der Waals surface area (Å²) in [5.74, 6) is 2.65. The molecule has 1 saturated heterocycles. The van der Waals surface area contributed by atoms with Crippen molar-refractivity contribution in [2.45, 2.75) is 40.5 Å². The van der Waals surface area contributed by atoms with Crippen molar-refractivity contribution in [3.05, 3.63) is 0 Å². The summed E-state index contributed by atoms with van der Waals surface area (Å²) >= 11 is 0. The van der Waals surface area contributed by atoms with Crippen LogP contribution >= 0.6 is 0 Å². The van der Waals surface area contributed by atoms with Crippen LogP contribution in [0.15, 0.2) is 0 Å². The minimum Gasteiger partial charge on any atom is -0.316 e. The molecule has 1 heterocycles. The summed E-state index contributed by atoms with van der Waals surface area (Å²) in [7, 11) is 0. The SMILES string of the molecule is CC(C)CNCC1CCN(CC2CC2(C)C)C1. The smallest absolute Gasteiger partial charge is 0.00224 e. The first-order valence-electron chi connectivity index (χ1n) is 7.40. The van der Waals surface area contributed by atoms with Gasteiger partial charge in [-0.1, -0.05) is 27.7 Å². The van der Waals surface area contributed by atoms with Crippen LogP contribution in [0.4, 0.5) is 0 Å². The topological polar surface area (TPSA) is 15.3 Å². The van der Waals surface area contributed by atoms with Gasteiger partial charge in [0.15, 0.2) is 0 Å². The van der Waals surface area contributed by atoms with Crippen LogP contribution in [0.2, 0.25) is 0 Å². The van der Waals surface area contributed by atoms with Crippen molar-refractivity contribution in [1.82, 2.24) is 10.2 Å². The van der Waals surface area contributed by atoms with Gasteiger partial charge in [0, 0.05) is 13.1 Å². The van der Waals surface area contributed by atoms with Crippen LogP contribution in [-0.4, -0.2) is 37.6 Å². The Morgan fingerprint density at radius 3 is 2.65 bits per heavy atom. The van der Waals surface area contributed by atoms with E-state index < -0.39 is 0 Å². The van der Waals surface area contributed by atoms with E-state index in [1.165, 1.54) is 45.6 Å².